The van der Waals surface area contributed by atoms with Crippen LogP contribution in [0.1, 0.15) is 29.1 Å². The number of rotatable bonds is 6. The van der Waals surface area contributed by atoms with Crippen molar-refractivity contribution < 1.29 is 18.7 Å². The number of carbonyl (C=O) groups is 1. The van der Waals surface area contributed by atoms with Gasteiger partial charge in [-0.25, -0.2) is 0 Å². The summed E-state index contributed by atoms with van der Waals surface area (Å²) < 4.78 is 15.8. The van der Waals surface area contributed by atoms with E-state index >= 15 is 0 Å². The van der Waals surface area contributed by atoms with E-state index in [0.29, 0.717) is 28.7 Å². The van der Waals surface area contributed by atoms with Crippen LogP contribution in [-0.2, 0) is 0 Å². The van der Waals surface area contributed by atoms with Crippen LogP contribution in [-0.4, -0.2) is 42.0 Å². The lowest BCUT2D eigenvalue weighted by Crippen LogP contribution is -2.29. The van der Waals surface area contributed by atoms with E-state index in [-0.39, 0.29) is 11.9 Å². The minimum absolute atomic E-state index is 0.129. The van der Waals surface area contributed by atoms with E-state index in [1.165, 1.54) is 14.2 Å². The largest absolute Gasteiger partial charge is 0.481 e. The van der Waals surface area contributed by atoms with Crippen LogP contribution in [0.15, 0.2) is 53.1 Å². The van der Waals surface area contributed by atoms with Gasteiger partial charge in [-0.05, 0) is 31.2 Å². The number of aromatic nitrogens is 2. The number of hydrogen-bond acceptors (Lipinski definition) is 6. The number of hydrogen-bond donors (Lipinski definition) is 0. The van der Waals surface area contributed by atoms with Gasteiger partial charge in [-0.15, -0.1) is 0 Å². The Hall–Kier alpha value is -3.35. The number of benzene rings is 1. The number of nitrogens with zero attached hydrogens (tertiary/aromatic N) is 3. The molecule has 3 rings (SSSR count). The standard InChI is InChI=1S/C20H21N3O4/c1-13(16-9-6-10-27-16)23(2)20(24)15-8-5-7-14(11-15)19-21-17(25-3)12-18(22-19)26-4/h5-13H,1-4H3. The number of ether oxygens (including phenoxy) is 2. The first-order valence-corrected chi connectivity index (χ1v) is 8.41. The fourth-order valence-electron chi connectivity index (χ4n) is 2.63. The Balaban J connectivity index is 1.90. The number of carbonyl (C=O) groups excluding carboxylic acids is 1. The van der Waals surface area contributed by atoms with Crippen LogP contribution in [0.2, 0.25) is 0 Å². The Morgan fingerprint density at radius 3 is 2.37 bits per heavy atom. The molecule has 3 aromatic rings. The molecule has 0 aliphatic carbocycles. The molecular weight excluding hydrogens is 346 g/mol. The van der Waals surface area contributed by atoms with E-state index in [4.69, 9.17) is 13.9 Å². The molecule has 2 aromatic heterocycles. The molecule has 7 heteroatoms. The van der Waals surface area contributed by atoms with Gasteiger partial charge in [0.15, 0.2) is 5.82 Å². The molecule has 140 valence electrons. The zero-order valence-electron chi connectivity index (χ0n) is 15.7. The molecule has 1 atom stereocenters. The summed E-state index contributed by atoms with van der Waals surface area (Å²) in [6.07, 6.45) is 1.60. The summed E-state index contributed by atoms with van der Waals surface area (Å²) >= 11 is 0. The first-order valence-electron chi connectivity index (χ1n) is 8.41. The van der Waals surface area contributed by atoms with Crippen LogP contribution in [0, 0.1) is 0 Å². The molecule has 1 aromatic carbocycles. The number of amides is 1. The molecule has 0 N–H and O–H groups in total. The summed E-state index contributed by atoms with van der Waals surface area (Å²) in [5.41, 5.74) is 1.22. The van der Waals surface area contributed by atoms with Crippen molar-refractivity contribution in [3.8, 4) is 23.1 Å². The predicted molar refractivity (Wildman–Crippen MR) is 99.8 cm³/mol. The predicted octanol–water partition coefficient (Wildman–Crippen LogP) is 3.59. The molecule has 0 radical (unpaired) electrons. The minimum atomic E-state index is -0.190. The van der Waals surface area contributed by atoms with Crippen LogP contribution in [0.4, 0.5) is 0 Å². The lowest BCUT2D eigenvalue weighted by atomic mass is 10.1. The van der Waals surface area contributed by atoms with Gasteiger partial charge in [0.25, 0.3) is 5.91 Å². The van der Waals surface area contributed by atoms with Gasteiger partial charge in [-0.1, -0.05) is 12.1 Å². The van der Waals surface area contributed by atoms with E-state index in [1.807, 2.05) is 19.1 Å². The fraction of sp³-hybridized carbons (Fsp3) is 0.250. The highest BCUT2D eigenvalue weighted by molar-refractivity contribution is 5.95. The van der Waals surface area contributed by atoms with Gasteiger partial charge in [0.05, 0.1) is 32.6 Å². The fourth-order valence-corrected chi connectivity index (χ4v) is 2.63. The molecule has 1 unspecified atom stereocenters. The van der Waals surface area contributed by atoms with Crippen LogP contribution < -0.4 is 9.47 Å². The second-order valence-corrected chi connectivity index (χ2v) is 5.96. The van der Waals surface area contributed by atoms with Crippen LogP contribution >= 0.6 is 0 Å². The Morgan fingerprint density at radius 2 is 1.78 bits per heavy atom. The maximum absolute atomic E-state index is 12.9. The van der Waals surface area contributed by atoms with E-state index in [2.05, 4.69) is 9.97 Å². The first kappa shape index (κ1) is 18.4. The van der Waals surface area contributed by atoms with Gasteiger partial charge in [-0.2, -0.15) is 9.97 Å². The van der Waals surface area contributed by atoms with Crippen molar-refractivity contribution in [1.29, 1.82) is 0 Å². The quantitative estimate of drug-likeness (QED) is 0.663. The van der Waals surface area contributed by atoms with Crippen LogP contribution in [0.3, 0.4) is 0 Å². The molecular formula is C20H21N3O4. The monoisotopic (exact) mass is 367 g/mol. The van der Waals surface area contributed by atoms with Crippen molar-refractivity contribution in [2.75, 3.05) is 21.3 Å². The zero-order valence-corrected chi connectivity index (χ0v) is 15.7. The first-order chi connectivity index (χ1) is 13.0. The summed E-state index contributed by atoms with van der Waals surface area (Å²) in [5.74, 6) is 1.79. The maximum atomic E-state index is 12.9. The highest BCUT2D eigenvalue weighted by atomic mass is 16.5. The summed E-state index contributed by atoms with van der Waals surface area (Å²) in [6, 6.07) is 12.2. The molecule has 0 saturated heterocycles. The molecule has 0 saturated carbocycles. The number of methoxy groups -OCH3 is 2. The molecule has 0 bridgehead atoms. The summed E-state index contributed by atoms with van der Waals surface area (Å²) in [4.78, 5) is 23.2. The SMILES string of the molecule is COc1cc(OC)nc(-c2cccc(C(=O)N(C)C(C)c3ccco3)c2)n1. The van der Waals surface area contributed by atoms with Crippen molar-refractivity contribution in [2.45, 2.75) is 13.0 Å². The molecule has 2 heterocycles. The lowest BCUT2D eigenvalue weighted by molar-refractivity contribution is 0.0726. The van der Waals surface area contributed by atoms with Gasteiger partial charge < -0.3 is 18.8 Å². The Bertz CT molecular complexity index is 902. The highest BCUT2D eigenvalue weighted by Gasteiger charge is 2.21. The normalized spacial score (nSPS) is 11.7. The average Bonchev–Trinajstić information content (AvgIpc) is 3.26. The molecule has 0 fully saturated rings. The maximum Gasteiger partial charge on any atom is 0.254 e. The minimum Gasteiger partial charge on any atom is -0.481 e. The van der Waals surface area contributed by atoms with Gasteiger partial charge in [0, 0.05) is 18.2 Å². The van der Waals surface area contributed by atoms with Gasteiger partial charge in [0.1, 0.15) is 5.76 Å². The second kappa shape index (κ2) is 7.90. The van der Waals surface area contributed by atoms with Crippen molar-refractivity contribution in [1.82, 2.24) is 14.9 Å². The summed E-state index contributed by atoms with van der Waals surface area (Å²) in [6.45, 7) is 1.91. The smallest absolute Gasteiger partial charge is 0.254 e. The third kappa shape index (κ3) is 3.92. The van der Waals surface area contributed by atoms with Crippen molar-refractivity contribution in [3.63, 3.8) is 0 Å². The van der Waals surface area contributed by atoms with E-state index in [1.54, 1.807) is 48.5 Å². The molecule has 7 nitrogen and oxygen atoms in total. The van der Waals surface area contributed by atoms with Crippen LogP contribution in [0.25, 0.3) is 11.4 Å². The Morgan fingerprint density at radius 1 is 1.07 bits per heavy atom. The molecule has 1 amide bonds. The van der Waals surface area contributed by atoms with E-state index in [0.717, 1.165) is 5.76 Å². The lowest BCUT2D eigenvalue weighted by Gasteiger charge is -2.23. The Kier molecular flexibility index (Phi) is 5.40. The Labute approximate surface area is 157 Å². The van der Waals surface area contributed by atoms with Gasteiger partial charge in [0.2, 0.25) is 11.8 Å². The van der Waals surface area contributed by atoms with Crippen LogP contribution in [0.5, 0.6) is 11.8 Å². The highest BCUT2D eigenvalue weighted by Crippen LogP contribution is 2.25. The summed E-state index contributed by atoms with van der Waals surface area (Å²) in [5, 5.41) is 0. The van der Waals surface area contributed by atoms with Crippen molar-refractivity contribution >= 4 is 5.91 Å². The topological polar surface area (TPSA) is 77.7 Å². The summed E-state index contributed by atoms with van der Waals surface area (Å²) in [7, 11) is 4.79. The van der Waals surface area contributed by atoms with Crippen molar-refractivity contribution in [3.05, 3.63) is 60.1 Å². The second-order valence-electron chi connectivity index (χ2n) is 5.96. The van der Waals surface area contributed by atoms with E-state index < -0.39 is 0 Å². The molecule has 0 aliphatic rings. The third-order valence-corrected chi connectivity index (χ3v) is 4.32. The van der Waals surface area contributed by atoms with Gasteiger partial charge in [-0.3, -0.25) is 4.79 Å². The molecule has 27 heavy (non-hydrogen) atoms. The zero-order chi connectivity index (χ0) is 19.4. The van der Waals surface area contributed by atoms with Gasteiger partial charge >= 0.3 is 0 Å². The average molecular weight is 367 g/mol. The van der Waals surface area contributed by atoms with E-state index in [9.17, 15) is 4.79 Å². The third-order valence-electron chi connectivity index (χ3n) is 4.32. The van der Waals surface area contributed by atoms with Crippen molar-refractivity contribution in [2.24, 2.45) is 0 Å². The molecule has 0 aliphatic heterocycles. The molecule has 0 spiro atoms. The number of furan rings is 1.